The van der Waals surface area contributed by atoms with Gasteiger partial charge < -0.3 is 10.2 Å². The van der Waals surface area contributed by atoms with Crippen LogP contribution < -0.4 is 5.32 Å². The van der Waals surface area contributed by atoms with Gasteiger partial charge in [0.2, 0.25) is 0 Å². The van der Waals surface area contributed by atoms with E-state index in [1.165, 1.54) is 0 Å². The number of hydrogen-bond acceptors (Lipinski definition) is 5. The van der Waals surface area contributed by atoms with Crippen molar-refractivity contribution in [2.24, 2.45) is 10.9 Å². The highest BCUT2D eigenvalue weighted by Crippen LogP contribution is 2.30. The second-order valence-electron chi connectivity index (χ2n) is 10.3. The highest BCUT2D eigenvalue weighted by molar-refractivity contribution is 6.31. The maximum absolute atomic E-state index is 13.4. The number of fused-ring (bicyclic) bond motifs is 1. The lowest BCUT2D eigenvalue weighted by atomic mass is 10.00. The van der Waals surface area contributed by atoms with E-state index in [1.807, 2.05) is 80.9 Å². The number of amides is 1. The predicted octanol–water partition coefficient (Wildman–Crippen LogP) is 7.37. The van der Waals surface area contributed by atoms with Crippen molar-refractivity contribution in [1.82, 2.24) is 20.1 Å². The van der Waals surface area contributed by atoms with Crippen molar-refractivity contribution in [1.29, 1.82) is 0 Å². The van der Waals surface area contributed by atoms with Crippen LogP contribution in [0.25, 0.3) is 16.5 Å². The van der Waals surface area contributed by atoms with Crippen molar-refractivity contribution in [2.45, 2.75) is 33.6 Å². The Labute approximate surface area is 254 Å². The Morgan fingerprint density at radius 3 is 2.74 bits per heavy atom. The number of rotatable bonds is 7. The van der Waals surface area contributed by atoms with Crippen molar-refractivity contribution >= 4 is 40.2 Å². The summed E-state index contributed by atoms with van der Waals surface area (Å²) in [6.07, 6.45) is 16.1. The number of piperazine rings is 1. The van der Waals surface area contributed by atoms with E-state index in [4.69, 9.17) is 16.6 Å². The van der Waals surface area contributed by atoms with E-state index in [1.54, 1.807) is 11.0 Å². The molecule has 6 nitrogen and oxygen atoms in total. The molecule has 2 aliphatic rings. The van der Waals surface area contributed by atoms with E-state index >= 15 is 0 Å². The normalized spacial score (nSPS) is 21.5. The Kier molecular flexibility index (Phi) is 10.9. The summed E-state index contributed by atoms with van der Waals surface area (Å²) in [6, 6.07) is 10.1. The first-order valence-electron chi connectivity index (χ1n) is 14.5. The number of nitrogens with zero attached hydrogens (tertiary/aromatic N) is 4. The summed E-state index contributed by atoms with van der Waals surface area (Å²) in [5, 5.41) is 5.09. The largest absolute Gasteiger partial charge is 0.371 e. The van der Waals surface area contributed by atoms with Crippen LogP contribution in [0.3, 0.4) is 0 Å². The van der Waals surface area contributed by atoms with Gasteiger partial charge in [0.15, 0.2) is 0 Å². The average molecular weight is 582 g/mol. The molecular formula is C35H40ClN5O. The summed E-state index contributed by atoms with van der Waals surface area (Å²) in [4.78, 5) is 26.8. The van der Waals surface area contributed by atoms with Crippen LogP contribution in [-0.4, -0.2) is 53.1 Å². The van der Waals surface area contributed by atoms with Crippen LogP contribution in [0.4, 0.5) is 0 Å². The lowest BCUT2D eigenvalue weighted by Crippen LogP contribution is -2.43. The first kappa shape index (κ1) is 30.9. The second-order valence-corrected chi connectivity index (χ2v) is 10.7. The van der Waals surface area contributed by atoms with Crippen molar-refractivity contribution in [3.8, 4) is 0 Å². The molecule has 7 heteroatoms. The third-order valence-electron chi connectivity index (χ3n) is 7.57. The number of halogens is 1. The number of carbonyl (C=O) groups excluding carboxylic acids is 1. The summed E-state index contributed by atoms with van der Waals surface area (Å²) < 4.78 is 0. The van der Waals surface area contributed by atoms with Crippen LogP contribution in [0.1, 0.15) is 39.2 Å². The summed E-state index contributed by atoms with van der Waals surface area (Å²) >= 11 is 6.88. The number of benzene rings is 1. The van der Waals surface area contributed by atoms with E-state index in [0.29, 0.717) is 22.8 Å². The lowest BCUT2D eigenvalue weighted by molar-refractivity contribution is -0.122. The lowest BCUT2D eigenvalue weighted by Gasteiger charge is -2.32. The molecule has 1 aromatic carbocycles. The molecule has 218 valence electrons. The Bertz CT molecular complexity index is 1520. The minimum Gasteiger partial charge on any atom is -0.371 e. The molecule has 42 heavy (non-hydrogen) atoms. The van der Waals surface area contributed by atoms with Gasteiger partial charge in [0.05, 0.1) is 10.5 Å². The maximum atomic E-state index is 13.4. The van der Waals surface area contributed by atoms with Gasteiger partial charge in [-0.25, -0.2) is 0 Å². The fraction of sp³-hybridized carbons (Fsp3) is 0.286. The molecule has 1 fully saturated rings. The van der Waals surface area contributed by atoms with Gasteiger partial charge in [0.1, 0.15) is 0 Å². The minimum absolute atomic E-state index is 0.163. The number of aromatic nitrogens is 1. The van der Waals surface area contributed by atoms with Crippen LogP contribution >= 0.6 is 11.6 Å². The summed E-state index contributed by atoms with van der Waals surface area (Å²) in [6.45, 7) is 18.1. The Morgan fingerprint density at radius 1 is 1.24 bits per heavy atom. The molecule has 0 saturated carbocycles. The maximum Gasteiger partial charge on any atom is 0.254 e. The number of pyridine rings is 1. The molecule has 2 aliphatic heterocycles. The van der Waals surface area contributed by atoms with Crippen LogP contribution in [0.15, 0.2) is 119 Å². The van der Waals surface area contributed by atoms with Gasteiger partial charge in [-0.3, -0.25) is 19.7 Å². The highest BCUT2D eigenvalue weighted by atomic mass is 35.5. The molecule has 1 atom stereocenters. The molecule has 1 amide bonds. The molecule has 0 aliphatic carbocycles. The predicted molar refractivity (Wildman–Crippen MR) is 177 cm³/mol. The van der Waals surface area contributed by atoms with Crippen molar-refractivity contribution < 1.29 is 4.79 Å². The monoisotopic (exact) mass is 581 g/mol. The molecule has 3 heterocycles. The Morgan fingerprint density at radius 2 is 2.00 bits per heavy atom. The van der Waals surface area contributed by atoms with Crippen molar-refractivity contribution in [3.05, 3.63) is 120 Å². The molecule has 1 N–H and O–H groups in total. The zero-order valence-corrected chi connectivity index (χ0v) is 25.6. The quantitative estimate of drug-likeness (QED) is 0.347. The van der Waals surface area contributed by atoms with E-state index < -0.39 is 0 Å². The standard InChI is InChI=1S/C35H40ClN5O/c1-6-28(30-23-29-12-8-9-13-33(29)39-24-30)15-16-32-26(4)27(5)41(35(42)14-10-11-17-38-32)25(3)22-31(36)34(7-2)40-20-18-37-19-21-40/h6,8-10,12-17,22-24,26,37H,1,5,7,11,18-21H2,2-4H3/b14-10-,25-22+,28-15+,32-16+,34-31-,38-17?. The first-order valence-corrected chi connectivity index (χ1v) is 14.9. The number of carbonyl (C=O) groups is 1. The average Bonchev–Trinajstić information content (AvgIpc) is 3.00. The van der Waals surface area contributed by atoms with Gasteiger partial charge in [-0.15, -0.1) is 0 Å². The van der Waals surface area contributed by atoms with Gasteiger partial charge in [0.25, 0.3) is 5.91 Å². The molecule has 4 rings (SSSR count). The zero-order valence-electron chi connectivity index (χ0n) is 24.8. The van der Waals surface area contributed by atoms with E-state index in [2.05, 4.69) is 41.3 Å². The fourth-order valence-electron chi connectivity index (χ4n) is 5.16. The molecule has 1 saturated heterocycles. The fourth-order valence-corrected chi connectivity index (χ4v) is 5.57. The van der Waals surface area contributed by atoms with Gasteiger partial charge in [0, 0.05) is 90.7 Å². The van der Waals surface area contributed by atoms with Gasteiger partial charge >= 0.3 is 0 Å². The van der Waals surface area contributed by atoms with E-state index in [9.17, 15) is 4.79 Å². The SMILES string of the molecule is C=C/C(=C\C=C1\N=CC/C=C\C(=O)N(/C(C)=C/C(Cl)=C(\CC)N2CCNCC2)C(=C)C1C)c1cnc2ccccc2c1. The zero-order chi connectivity index (χ0) is 30.1. The third-order valence-corrected chi connectivity index (χ3v) is 7.90. The highest BCUT2D eigenvalue weighted by Gasteiger charge is 2.24. The number of allylic oxidation sites excluding steroid dienone is 9. The first-order chi connectivity index (χ1) is 20.3. The number of nitrogens with one attached hydrogen (secondary N) is 1. The van der Waals surface area contributed by atoms with Crippen LogP contribution in [-0.2, 0) is 4.79 Å². The third kappa shape index (κ3) is 7.44. The summed E-state index contributed by atoms with van der Waals surface area (Å²) in [5.74, 6) is -0.414. The molecule has 1 aromatic heterocycles. The molecule has 0 radical (unpaired) electrons. The van der Waals surface area contributed by atoms with E-state index in [0.717, 1.165) is 66.0 Å². The Hall–Kier alpha value is -4.00. The van der Waals surface area contributed by atoms with Gasteiger partial charge in [-0.05, 0) is 43.2 Å². The van der Waals surface area contributed by atoms with E-state index in [-0.39, 0.29) is 11.8 Å². The topological polar surface area (TPSA) is 60.8 Å². The van der Waals surface area contributed by atoms with Crippen molar-refractivity contribution in [2.75, 3.05) is 26.2 Å². The smallest absolute Gasteiger partial charge is 0.254 e. The molecular weight excluding hydrogens is 542 g/mol. The van der Waals surface area contributed by atoms with Gasteiger partial charge in [-0.1, -0.05) is 75.0 Å². The number of para-hydroxylation sites is 1. The number of aliphatic imine (C=N–C) groups is 1. The van der Waals surface area contributed by atoms with Crippen LogP contribution in [0.2, 0.25) is 0 Å². The summed E-state index contributed by atoms with van der Waals surface area (Å²) in [7, 11) is 0. The minimum atomic E-state index is -0.251. The second kappa shape index (κ2) is 14.8. The molecule has 1 unspecified atom stereocenters. The Balaban J connectivity index is 1.67. The molecule has 0 spiro atoms. The van der Waals surface area contributed by atoms with Crippen LogP contribution in [0.5, 0.6) is 0 Å². The number of hydrogen-bond donors (Lipinski definition) is 1. The summed E-state index contributed by atoms with van der Waals surface area (Å²) in [5.41, 5.74) is 6.02. The van der Waals surface area contributed by atoms with Crippen molar-refractivity contribution in [3.63, 3.8) is 0 Å². The van der Waals surface area contributed by atoms with Crippen LogP contribution in [0, 0.1) is 5.92 Å². The van der Waals surface area contributed by atoms with Gasteiger partial charge in [-0.2, -0.15) is 0 Å². The molecule has 2 aromatic rings. The molecule has 0 bridgehead atoms.